The predicted molar refractivity (Wildman–Crippen MR) is 143 cm³/mol. The second-order valence-electron chi connectivity index (χ2n) is 9.71. The zero-order valence-electron chi connectivity index (χ0n) is 20.4. The molecule has 184 valence electrons. The standard InChI is InChI=1S/C30H35ClN2O2/c1-24(34)32-23-29(25-9-4-2-5-10-25,26-11-6-3-7-12-26)17-8-20-33-21-18-30(35,19-22-33)27-13-15-28(31)16-14-27/h2-7,9-16,35H,8,17-23H2,1H3,(H,32,34). The SMILES string of the molecule is CC(=O)NCC(CCCN1CCC(O)(c2ccc(Cl)cc2)CC1)(c1ccccc1)c1ccccc1. The fourth-order valence-corrected chi connectivity index (χ4v) is 5.46. The highest BCUT2D eigenvalue weighted by Crippen LogP contribution is 2.37. The van der Waals surface area contributed by atoms with Crippen molar-refractivity contribution in [1.29, 1.82) is 0 Å². The van der Waals surface area contributed by atoms with E-state index in [-0.39, 0.29) is 11.3 Å². The Balaban J connectivity index is 1.46. The molecule has 1 aliphatic heterocycles. The molecule has 1 heterocycles. The number of hydrogen-bond acceptors (Lipinski definition) is 3. The summed E-state index contributed by atoms with van der Waals surface area (Å²) in [6, 6.07) is 28.6. The maximum Gasteiger partial charge on any atom is 0.216 e. The van der Waals surface area contributed by atoms with Crippen LogP contribution in [0.4, 0.5) is 0 Å². The van der Waals surface area contributed by atoms with E-state index in [2.05, 4.69) is 58.7 Å². The van der Waals surface area contributed by atoms with Gasteiger partial charge in [-0.3, -0.25) is 4.79 Å². The lowest BCUT2D eigenvalue weighted by Gasteiger charge is -2.40. The summed E-state index contributed by atoms with van der Waals surface area (Å²) in [7, 11) is 0. The lowest BCUT2D eigenvalue weighted by atomic mass is 9.71. The van der Waals surface area contributed by atoms with E-state index in [0.29, 0.717) is 24.4 Å². The minimum absolute atomic E-state index is 0.0150. The van der Waals surface area contributed by atoms with Gasteiger partial charge < -0.3 is 15.3 Å². The molecule has 3 aromatic carbocycles. The van der Waals surface area contributed by atoms with Crippen LogP contribution in [-0.2, 0) is 15.8 Å². The molecular formula is C30H35ClN2O2. The summed E-state index contributed by atoms with van der Waals surface area (Å²) in [6.07, 6.45) is 3.33. The Kier molecular flexibility index (Phi) is 8.27. The largest absolute Gasteiger partial charge is 0.385 e. The van der Waals surface area contributed by atoms with Gasteiger partial charge in [-0.2, -0.15) is 0 Å². The summed E-state index contributed by atoms with van der Waals surface area (Å²) in [5.41, 5.74) is 2.30. The van der Waals surface area contributed by atoms with Gasteiger partial charge in [0.2, 0.25) is 5.91 Å². The first kappa shape index (κ1) is 25.4. The molecule has 1 aliphatic rings. The number of carbonyl (C=O) groups excluding carboxylic acids is 1. The van der Waals surface area contributed by atoms with E-state index in [4.69, 9.17) is 11.6 Å². The third kappa shape index (κ3) is 6.13. The molecule has 0 unspecified atom stereocenters. The smallest absolute Gasteiger partial charge is 0.216 e. The molecular weight excluding hydrogens is 456 g/mol. The molecule has 0 aliphatic carbocycles. The number of piperidine rings is 1. The van der Waals surface area contributed by atoms with Gasteiger partial charge in [-0.15, -0.1) is 0 Å². The Hall–Kier alpha value is -2.66. The molecule has 0 atom stereocenters. The van der Waals surface area contributed by atoms with Crippen molar-refractivity contribution in [1.82, 2.24) is 10.2 Å². The number of likely N-dealkylation sites (tertiary alicyclic amines) is 1. The monoisotopic (exact) mass is 490 g/mol. The third-order valence-corrected chi connectivity index (χ3v) is 7.69. The number of benzene rings is 3. The molecule has 0 saturated carbocycles. The van der Waals surface area contributed by atoms with Crippen molar-refractivity contribution >= 4 is 17.5 Å². The first-order valence-electron chi connectivity index (χ1n) is 12.5. The summed E-state index contributed by atoms with van der Waals surface area (Å²) >= 11 is 6.03. The summed E-state index contributed by atoms with van der Waals surface area (Å²) in [6.45, 7) is 4.81. The van der Waals surface area contributed by atoms with Crippen molar-refractivity contribution in [2.75, 3.05) is 26.2 Å². The van der Waals surface area contributed by atoms with Crippen LogP contribution < -0.4 is 5.32 Å². The van der Waals surface area contributed by atoms with Gasteiger partial charge in [0.05, 0.1) is 5.60 Å². The fraction of sp³-hybridized carbons (Fsp3) is 0.367. The van der Waals surface area contributed by atoms with E-state index in [0.717, 1.165) is 38.0 Å². The highest BCUT2D eigenvalue weighted by Gasteiger charge is 2.36. The van der Waals surface area contributed by atoms with Gasteiger partial charge in [-0.25, -0.2) is 0 Å². The molecule has 4 nitrogen and oxygen atoms in total. The quantitative estimate of drug-likeness (QED) is 0.415. The van der Waals surface area contributed by atoms with E-state index in [1.807, 2.05) is 36.4 Å². The number of hydrogen-bond donors (Lipinski definition) is 2. The highest BCUT2D eigenvalue weighted by molar-refractivity contribution is 6.30. The Morgan fingerprint density at radius 2 is 1.49 bits per heavy atom. The minimum atomic E-state index is -0.787. The van der Waals surface area contributed by atoms with E-state index >= 15 is 0 Å². The zero-order chi connectivity index (χ0) is 24.7. The molecule has 1 amide bonds. The number of nitrogens with one attached hydrogen (secondary N) is 1. The van der Waals surface area contributed by atoms with Crippen LogP contribution >= 0.6 is 11.6 Å². The molecule has 1 fully saturated rings. The van der Waals surface area contributed by atoms with Gasteiger partial charge in [0.25, 0.3) is 0 Å². The predicted octanol–water partition coefficient (Wildman–Crippen LogP) is 5.53. The van der Waals surface area contributed by atoms with Crippen molar-refractivity contribution in [3.05, 3.63) is 107 Å². The highest BCUT2D eigenvalue weighted by atomic mass is 35.5. The third-order valence-electron chi connectivity index (χ3n) is 7.43. The molecule has 0 bridgehead atoms. The maximum absolute atomic E-state index is 11.9. The van der Waals surface area contributed by atoms with Crippen molar-refractivity contribution in [3.63, 3.8) is 0 Å². The number of halogens is 1. The molecule has 0 radical (unpaired) electrons. The van der Waals surface area contributed by atoms with Crippen LogP contribution in [0.1, 0.15) is 49.3 Å². The van der Waals surface area contributed by atoms with Crippen LogP contribution in [-0.4, -0.2) is 42.1 Å². The molecule has 35 heavy (non-hydrogen) atoms. The van der Waals surface area contributed by atoms with Crippen LogP contribution in [0.25, 0.3) is 0 Å². The summed E-state index contributed by atoms with van der Waals surface area (Å²) in [5, 5.41) is 15.0. The average Bonchev–Trinajstić information content (AvgIpc) is 2.89. The van der Waals surface area contributed by atoms with Crippen LogP contribution in [0.2, 0.25) is 5.02 Å². The Labute approximate surface area is 213 Å². The van der Waals surface area contributed by atoms with Crippen LogP contribution in [0, 0.1) is 0 Å². The van der Waals surface area contributed by atoms with E-state index in [9.17, 15) is 9.90 Å². The van der Waals surface area contributed by atoms with Crippen LogP contribution in [0.3, 0.4) is 0 Å². The molecule has 1 saturated heterocycles. The van der Waals surface area contributed by atoms with Crippen molar-refractivity contribution in [2.24, 2.45) is 0 Å². The Morgan fingerprint density at radius 1 is 0.943 bits per heavy atom. The number of carbonyl (C=O) groups is 1. The fourth-order valence-electron chi connectivity index (χ4n) is 5.34. The maximum atomic E-state index is 11.9. The average molecular weight is 491 g/mol. The van der Waals surface area contributed by atoms with E-state index in [1.54, 1.807) is 6.92 Å². The molecule has 5 heteroatoms. The minimum Gasteiger partial charge on any atom is -0.385 e. The van der Waals surface area contributed by atoms with Crippen molar-refractivity contribution < 1.29 is 9.90 Å². The van der Waals surface area contributed by atoms with Gasteiger partial charge >= 0.3 is 0 Å². The molecule has 3 aromatic rings. The first-order chi connectivity index (χ1) is 16.9. The van der Waals surface area contributed by atoms with Gasteiger partial charge in [0.15, 0.2) is 0 Å². The lowest BCUT2D eigenvalue weighted by Crippen LogP contribution is -2.44. The number of rotatable bonds is 9. The second-order valence-corrected chi connectivity index (χ2v) is 10.1. The molecule has 0 aromatic heterocycles. The van der Waals surface area contributed by atoms with Gasteiger partial charge in [-0.1, -0.05) is 84.4 Å². The summed E-state index contributed by atoms with van der Waals surface area (Å²) < 4.78 is 0. The number of amides is 1. The summed E-state index contributed by atoms with van der Waals surface area (Å²) in [4.78, 5) is 14.4. The van der Waals surface area contributed by atoms with Crippen molar-refractivity contribution in [3.8, 4) is 0 Å². The van der Waals surface area contributed by atoms with Crippen LogP contribution in [0.5, 0.6) is 0 Å². The lowest BCUT2D eigenvalue weighted by molar-refractivity contribution is -0.119. The molecule has 2 N–H and O–H groups in total. The van der Waals surface area contributed by atoms with E-state index < -0.39 is 5.60 Å². The first-order valence-corrected chi connectivity index (χ1v) is 12.9. The topological polar surface area (TPSA) is 52.6 Å². The molecule has 0 spiro atoms. The number of nitrogens with zero attached hydrogens (tertiary/aromatic N) is 1. The normalized spacial score (nSPS) is 16.1. The summed E-state index contributed by atoms with van der Waals surface area (Å²) in [5.74, 6) is -0.0150. The molecule has 4 rings (SSSR count). The Morgan fingerprint density at radius 3 is 2.00 bits per heavy atom. The van der Waals surface area contributed by atoms with Crippen molar-refractivity contribution in [2.45, 2.75) is 43.6 Å². The Bertz CT molecular complexity index is 1040. The zero-order valence-corrected chi connectivity index (χ0v) is 21.2. The van der Waals surface area contributed by atoms with Crippen LogP contribution in [0.15, 0.2) is 84.9 Å². The van der Waals surface area contributed by atoms with Gasteiger partial charge in [-0.05, 0) is 61.1 Å². The van der Waals surface area contributed by atoms with E-state index in [1.165, 1.54) is 11.1 Å². The second kappa shape index (κ2) is 11.4. The number of aliphatic hydroxyl groups is 1. The van der Waals surface area contributed by atoms with Gasteiger partial charge in [0, 0.05) is 37.0 Å². The van der Waals surface area contributed by atoms with Gasteiger partial charge in [0.1, 0.15) is 0 Å².